The fourth-order valence-corrected chi connectivity index (χ4v) is 2.36. The van der Waals surface area contributed by atoms with Crippen molar-refractivity contribution in [3.05, 3.63) is 34.4 Å². The van der Waals surface area contributed by atoms with E-state index in [1.54, 1.807) is 0 Å². The van der Waals surface area contributed by atoms with Crippen LogP contribution < -0.4 is 0 Å². The highest BCUT2D eigenvalue weighted by Gasteiger charge is 2.03. The van der Waals surface area contributed by atoms with Crippen LogP contribution in [0.4, 0.5) is 0 Å². The summed E-state index contributed by atoms with van der Waals surface area (Å²) in [5.74, 6) is 0. The van der Waals surface area contributed by atoms with E-state index in [1.807, 2.05) is 0 Å². The van der Waals surface area contributed by atoms with Crippen molar-refractivity contribution in [2.24, 2.45) is 0 Å². The fourth-order valence-electron chi connectivity index (χ4n) is 2.36. The number of hydrogen-bond acceptors (Lipinski definition) is 1. The maximum absolute atomic E-state index is 5.50. The number of aryl methyl sites for hydroxylation is 3. The van der Waals surface area contributed by atoms with Gasteiger partial charge in [0.2, 0.25) is 0 Å². The van der Waals surface area contributed by atoms with E-state index in [1.165, 1.54) is 41.5 Å². The van der Waals surface area contributed by atoms with Gasteiger partial charge in [-0.2, -0.15) is 0 Å². The van der Waals surface area contributed by atoms with Crippen LogP contribution in [-0.2, 0) is 11.2 Å². The molecule has 0 spiro atoms. The molecule has 0 fully saturated rings. The van der Waals surface area contributed by atoms with Crippen molar-refractivity contribution in [2.45, 2.75) is 53.4 Å². The molecule has 0 aliphatic carbocycles. The first-order valence-electron chi connectivity index (χ1n) is 6.79. The maximum Gasteiger partial charge on any atom is 0.0466 e. The van der Waals surface area contributed by atoms with Gasteiger partial charge in [-0.3, -0.25) is 0 Å². The molecule has 1 heteroatoms. The molecule has 96 valence electrons. The minimum atomic E-state index is 0.905. The molecule has 1 aromatic rings. The van der Waals surface area contributed by atoms with Gasteiger partial charge < -0.3 is 4.74 Å². The lowest BCUT2D eigenvalue weighted by molar-refractivity contribution is 0.131. The Kier molecular flexibility index (Phi) is 6.28. The molecular formula is C16H26O. The molecule has 0 N–H and O–H groups in total. The van der Waals surface area contributed by atoms with E-state index >= 15 is 0 Å². The third kappa shape index (κ3) is 4.91. The first-order chi connectivity index (χ1) is 8.15. The average Bonchev–Trinajstić information content (AvgIpc) is 2.26. The summed E-state index contributed by atoms with van der Waals surface area (Å²) in [6.07, 6.45) is 4.71. The van der Waals surface area contributed by atoms with E-state index in [0.717, 1.165) is 19.6 Å². The molecule has 0 saturated heterocycles. The van der Waals surface area contributed by atoms with Gasteiger partial charge in [-0.15, -0.1) is 0 Å². The molecule has 0 heterocycles. The van der Waals surface area contributed by atoms with E-state index in [9.17, 15) is 0 Å². The fraction of sp³-hybridized carbons (Fsp3) is 0.625. The predicted molar refractivity (Wildman–Crippen MR) is 74.7 cm³/mol. The molecule has 0 bridgehead atoms. The summed E-state index contributed by atoms with van der Waals surface area (Å²) < 4.78 is 5.50. The smallest absolute Gasteiger partial charge is 0.0466 e. The van der Waals surface area contributed by atoms with Crippen LogP contribution in [0.25, 0.3) is 0 Å². The van der Waals surface area contributed by atoms with Crippen LogP contribution in [0.1, 0.15) is 48.4 Å². The van der Waals surface area contributed by atoms with E-state index in [-0.39, 0.29) is 0 Å². The summed E-state index contributed by atoms with van der Waals surface area (Å²) in [6, 6.07) is 4.58. The number of rotatable bonds is 7. The Hall–Kier alpha value is -0.820. The highest BCUT2D eigenvalue weighted by atomic mass is 16.5. The molecule has 0 saturated carbocycles. The summed E-state index contributed by atoms with van der Waals surface area (Å²) in [6.45, 7) is 10.6. The number of hydrogen-bond donors (Lipinski definition) is 0. The Morgan fingerprint density at radius 1 is 0.941 bits per heavy atom. The highest BCUT2D eigenvalue weighted by Crippen LogP contribution is 2.18. The van der Waals surface area contributed by atoms with Crippen LogP contribution >= 0.6 is 0 Å². The topological polar surface area (TPSA) is 9.23 Å². The number of unbranched alkanes of at least 4 members (excludes halogenated alkanes) is 1. The van der Waals surface area contributed by atoms with Crippen molar-refractivity contribution >= 4 is 0 Å². The molecule has 0 aliphatic rings. The summed E-state index contributed by atoms with van der Waals surface area (Å²) in [7, 11) is 0. The van der Waals surface area contributed by atoms with Crippen LogP contribution in [0, 0.1) is 20.8 Å². The molecule has 0 unspecified atom stereocenters. The minimum Gasteiger partial charge on any atom is -0.381 e. The van der Waals surface area contributed by atoms with Crippen LogP contribution in [0.15, 0.2) is 12.1 Å². The van der Waals surface area contributed by atoms with Crippen molar-refractivity contribution in [3.63, 3.8) is 0 Å². The quantitative estimate of drug-likeness (QED) is 0.637. The summed E-state index contributed by atoms with van der Waals surface area (Å²) in [5.41, 5.74) is 5.79. The third-order valence-electron chi connectivity index (χ3n) is 3.15. The zero-order chi connectivity index (χ0) is 12.7. The van der Waals surface area contributed by atoms with Crippen molar-refractivity contribution in [1.82, 2.24) is 0 Å². The first-order valence-corrected chi connectivity index (χ1v) is 6.79. The van der Waals surface area contributed by atoms with Gasteiger partial charge in [-0.1, -0.05) is 24.6 Å². The molecule has 17 heavy (non-hydrogen) atoms. The molecule has 0 aliphatic heterocycles. The lowest BCUT2D eigenvalue weighted by Gasteiger charge is -2.11. The molecular weight excluding hydrogens is 208 g/mol. The van der Waals surface area contributed by atoms with Crippen LogP contribution in [0.5, 0.6) is 0 Å². The molecule has 1 aromatic carbocycles. The Morgan fingerprint density at radius 2 is 1.59 bits per heavy atom. The molecule has 0 atom stereocenters. The Labute approximate surface area is 106 Å². The summed E-state index contributed by atoms with van der Waals surface area (Å²) >= 11 is 0. The molecule has 1 rings (SSSR count). The SMILES string of the molecule is CCCOCCCCc1c(C)cc(C)cc1C. The van der Waals surface area contributed by atoms with Crippen molar-refractivity contribution in [2.75, 3.05) is 13.2 Å². The van der Waals surface area contributed by atoms with Gasteiger partial charge in [-0.25, -0.2) is 0 Å². The molecule has 1 nitrogen and oxygen atoms in total. The van der Waals surface area contributed by atoms with Crippen molar-refractivity contribution < 1.29 is 4.74 Å². The lowest BCUT2D eigenvalue weighted by Crippen LogP contribution is -1.99. The zero-order valence-corrected chi connectivity index (χ0v) is 11.8. The normalized spacial score (nSPS) is 10.8. The van der Waals surface area contributed by atoms with Gasteiger partial charge in [0, 0.05) is 13.2 Å². The van der Waals surface area contributed by atoms with Gasteiger partial charge in [0.15, 0.2) is 0 Å². The van der Waals surface area contributed by atoms with E-state index in [4.69, 9.17) is 4.74 Å². The second kappa shape index (κ2) is 7.50. The van der Waals surface area contributed by atoms with Crippen LogP contribution in [0.2, 0.25) is 0 Å². The minimum absolute atomic E-state index is 0.905. The summed E-state index contributed by atoms with van der Waals surface area (Å²) in [4.78, 5) is 0. The summed E-state index contributed by atoms with van der Waals surface area (Å²) in [5, 5.41) is 0. The maximum atomic E-state index is 5.50. The van der Waals surface area contributed by atoms with Gasteiger partial charge in [0.05, 0.1) is 0 Å². The van der Waals surface area contributed by atoms with Gasteiger partial charge in [-0.05, 0) is 63.1 Å². The van der Waals surface area contributed by atoms with Crippen LogP contribution in [-0.4, -0.2) is 13.2 Å². The monoisotopic (exact) mass is 234 g/mol. The van der Waals surface area contributed by atoms with Gasteiger partial charge >= 0.3 is 0 Å². The Bertz CT molecular complexity index is 318. The Balaban J connectivity index is 2.36. The standard InChI is InChI=1S/C16H26O/c1-5-9-17-10-7-6-8-16-14(3)11-13(2)12-15(16)4/h11-12H,5-10H2,1-4H3. The number of benzene rings is 1. The largest absolute Gasteiger partial charge is 0.381 e. The van der Waals surface area contributed by atoms with E-state index in [0.29, 0.717) is 0 Å². The second-order valence-corrected chi connectivity index (χ2v) is 4.95. The molecule has 0 amide bonds. The number of ether oxygens (including phenoxy) is 1. The lowest BCUT2D eigenvalue weighted by atomic mass is 9.96. The Morgan fingerprint density at radius 3 is 2.18 bits per heavy atom. The van der Waals surface area contributed by atoms with Crippen LogP contribution in [0.3, 0.4) is 0 Å². The first kappa shape index (κ1) is 14.2. The van der Waals surface area contributed by atoms with Gasteiger partial charge in [0.1, 0.15) is 0 Å². The van der Waals surface area contributed by atoms with Gasteiger partial charge in [0.25, 0.3) is 0 Å². The van der Waals surface area contributed by atoms with Crippen molar-refractivity contribution in [3.8, 4) is 0 Å². The van der Waals surface area contributed by atoms with E-state index < -0.39 is 0 Å². The molecule has 0 radical (unpaired) electrons. The average molecular weight is 234 g/mol. The third-order valence-corrected chi connectivity index (χ3v) is 3.15. The predicted octanol–water partition coefficient (Wildman–Crippen LogP) is 4.36. The highest BCUT2D eigenvalue weighted by molar-refractivity contribution is 5.37. The second-order valence-electron chi connectivity index (χ2n) is 4.95. The van der Waals surface area contributed by atoms with E-state index in [2.05, 4.69) is 39.8 Å². The zero-order valence-electron chi connectivity index (χ0n) is 11.8. The van der Waals surface area contributed by atoms with Crippen molar-refractivity contribution in [1.29, 1.82) is 0 Å². The molecule has 0 aromatic heterocycles.